The number of carbonyl (C=O) groups excluding carboxylic acids is 1. The molecule has 0 fully saturated rings. The molecule has 1 atom stereocenters. The molecule has 0 unspecified atom stereocenters. The summed E-state index contributed by atoms with van der Waals surface area (Å²) in [5.74, 6) is -1.02. The number of hydrogen-bond acceptors (Lipinski definition) is 4. The lowest BCUT2D eigenvalue weighted by Gasteiger charge is -2.14. The maximum Gasteiger partial charge on any atom is 0.417 e. The number of amides is 1. The summed E-state index contributed by atoms with van der Waals surface area (Å²) in [6.45, 7) is 1.84. The largest absolute Gasteiger partial charge is 0.417 e. The first-order valence-corrected chi connectivity index (χ1v) is 6.91. The fraction of sp³-hybridized carbons (Fsp3) is 0.267. The molecule has 0 aliphatic carbocycles. The van der Waals surface area contributed by atoms with Crippen molar-refractivity contribution >= 4 is 17.3 Å². The molecule has 0 saturated heterocycles. The number of carbonyl (C=O) groups is 1. The highest BCUT2D eigenvalue weighted by atomic mass is 19.4. The highest BCUT2D eigenvalue weighted by Gasteiger charge is 2.34. The van der Waals surface area contributed by atoms with Gasteiger partial charge in [0, 0.05) is 11.9 Å². The van der Waals surface area contributed by atoms with Crippen molar-refractivity contribution in [1.29, 1.82) is 5.26 Å². The molecule has 0 spiro atoms. The van der Waals surface area contributed by atoms with Crippen LogP contribution in [-0.4, -0.2) is 15.7 Å². The van der Waals surface area contributed by atoms with Crippen molar-refractivity contribution < 1.29 is 18.0 Å². The number of rotatable bonds is 4. The van der Waals surface area contributed by atoms with Gasteiger partial charge in [-0.15, -0.1) is 0 Å². The Labute approximate surface area is 135 Å². The van der Waals surface area contributed by atoms with Gasteiger partial charge in [0.25, 0.3) is 0 Å². The SMILES string of the molecule is C[C@H](Cn1cc(N)cn1)C(=O)Nc1ccc(C#N)c(C(F)(F)F)c1. The van der Waals surface area contributed by atoms with Crippen LogP contribution in [0.25, 0.3) is 0 Å². The molecule has 0 saturated carbocycles. The Hall–Kier alpha value is -3.02. The van der Waals surface area contributed by atoms with Crippen molar-refractivity contribution in [2.24, 2.45) is 5.92 Å². The van der Waals surface area contributed by atoms with E-state index in [1.165, 1.54) is 23.0 Å². The first-order chi connectivity index (χ1) is 11.2. The molecule has 126 valence electrons. The van der Waals surface area contributed by atoms with Crippen molar-refractivity contribution in [3.8, 4) is 6.07 Å². The zero-order chi connectivity index (χ0) is 17.9. The molecular weight excluding hydrogens is 323 g/mol. The van der Waals surface area contributed by atoms with Crippen molar-refractivity contribution in [3.63, 3.8) is 0 Å². The molecule has 1 amide bonds. The summed E-state index contributed by atoms with van der Waals surface area (Å²) in [5.41, 5.74) is 4.35. The lowest BCUT2D eigenvalue weighted by Crippen LogP contribution is -2.25. The standard InChI is InChI=1S/C15H14F3N5O/c1-9(7-23-8-11(20)6-21-23)14(24)22-12-3-2-10(5-19)13(4-12)15(16,17)18/h2-4,6,8-9H,7,20H2,1H3,(H,22,24)/t9-/m1/s1. The van der Waals surface area contributed by atoms with E-state index >= 15 is 0 Å². The summed E-state index contributed by atoms with van der Waals surface area (Å²) in [5, 5.41) is 15.1. The van der Waals surface area contributed by atoms with Gasteiger partial charge in [-0.25, -0.2) is 0 Å². The number of nitrogens with zero attached hydrogens (tertiary/aromatic N) is 3. The van der Waals surface area contributed by atoms with Gasteiger partial charge in [-0.05, 0) is 18.2 Å². The quantitative estimate of drug-likeness (QED) is 0.896. The van der Waals surface area contributed by atoms with Gasteiger partial charge in [-0.2, -0.15) is 23.5 Å². The van der Waals surface area contributed by atoms with Gasteiger partial charge in [0.05, 0.1) is 41.5 Å². The number of halogens is 3. The molecule has 9 heteroatoms. The Morgan fingerprint density at radius 2 is 2.21 bits per heavy atom. The van der Waals surface area contributed by atoms with Crippen LogP contribution in [0.1, 0.15) is 18.1 Å². The zero-order valence-electron chi connectivity index (χ0n) is 12.6. The normalized spacial score (nSPS) is 12.5. The predicted octanol–water partition coefficient (Wildman–Crippen LogP) is 2.63. The molecule has 3 N–H and O–H groups in total. The molecule has 1 aromatic heterocycles. The monoisotopic (exact) mass is 337 g/mol. The molecule has 0 bridgehead atoms. The second-order valence-electron chi connectivity index (χ2n) is 5.26. The van der Waals surface area contributed by atoms with E-state index in [0.29, 0.717) is 5.69 Å². The molecule has 0 aliphatic heterocycles. The summed E-state index contributed by atoms with van der Waals surface area (Å²) >= 11 is 0. The van der Waals surface area contributed by atoms with Crippen molar-refractivity contribution in [2.45, 2.75) is 19.6 Å². The van der Waals surface area contributed by atoms with Crippen LogP contribution in [-0.2, 0) is 17.5 Å². The van der Waals surface area contributed by atoms with Gasteiger partial charge in [0.15, 0.2) is 0 Å². The molecule has 1 aromatic carbocycles. The maximum atomic E-state index is 12.9. The first kappa shape index (κ1) is 17.3. The highest BCUT2D eigenvalue weighted by Crippen LogP contribution is 2.33. The van der Waals surface area contributed by atoms with E-state index in [-0.39, 0.29) is 12.2 Å². The number of nitriles is 1. The second-order valence-corrected chi connectivity index (χ2v) is 5.26. The third-order valence-corrected chi connectivity index (χ3v) is 3.27. The van der Waals surface area contributed by atoms with Gasteiger partial charge < -0.3 is 11.1 Å². The number of aromatic nitrogens is 2. The summed E-state index contributed by atoms with van der Waals surface area (Å²) in [4.78, 5) is 12.1. The van der Waals surface area contributed by atoms with E-state index in [1.807, 2.05) is 0 Å². The summed E-state index contributed by atoms with van der Waals surface area (Å²) in [6, 6.07) is 4.51. The van der Waals surface area contributed by atoms with Crippen LogP contribution in [0.15, 0.2) is 30.6 Å². The van der Waals surface area contributed by atoms with Crippen LogP contribution in [0.5, 0.6) is 0 Å². The molecule has 2 rings (SSSR count). The molecule has 24 heavy (non-hydrogen) atoms. The van der Waals surface area contributed by atoms with Gasteiger partial charge in [-0.3, -0.25) is 9.48 Å². The summed E-state index contributed by atoms with van der Waals surface area (Å²) in [7, 11) is 0. The predicted molar refractivity (Wildman–Crippen MR) is 80.6 cm³/mol. The number of nitrogen functional groups attached to an aromatic ring is 1. The first-order valence-electron chi connectivity index (χ1n) is 6.91. The number of anilines is 2. The number of nitrogens with one attached hydrogen (secondary N) is 1. The number of alkyl halides is 3. The van der Waals surface area contributed by atoms with E-state index in [9.17, 15) is 18.0 Å². The highest BCUT2D eigenvalue weighted by molar-refractivity contribution is 5.92. The van der Waals surface area contributed by atoms with E-state index in [1.54, 1.807) is 13.1 Å². The number of nitrogens with two attached hydrogens (primary N) is 1. The van der Waals surface area contributed by atoms with Crippen LogP contribution >= 0.6 is 0 Å². The number of benzene rings is 1. The second kappa shape index (κ2) is 6.62. The minimum absolute atomic E-state index is 0.0295. The minimum atomic E-state index is -4.68. The topological polar surface area (TPSA) is 96.7 Å². The zero-order valence-corrected chi connectivity index (χ0v) is 12.6. The molecule has 0 aliphatic rings. The van der Waals surface area contributed by atoms with E-state index in [2.05, 4.69) is 10.4 Å². The minimum Gasteiger partial charge on any atom is -0.396 e. The van der Waals surface area contributed by atoms with Gasteiger partial charge in [-0.1, -0.05) is 6.92 Å². The van der Waals surface area contributed by atoms with Gasteiger partial charge in [0.1, 0.15) is 0 Å². The lowest BCUT2D eigenvalue weighted by molar-refractivity contribution is -0.137. The molecule has 2 aromatic rings. The fourth-order valence-electron chi connectivity index (χ4n) is 2.06. The Bertz CT molecular complexity index is 791. The van der Waals surface area contributed by atoms with Crippen LogP contribution in [0.2, 0.25) is 0 Å². The van der Waals surface area contributed by atoms with Crippen LogP contribution < -0.4 is 11.1 Å². The molecule has 1 heterocycles. The van der Waals surface area contributed by atoms with Crippen molar-refractivity contribution in [1.82, 2.24) is 9.78 Å². The molecular formula is C15H14F3N5O. The molecule has 0 radical (unpaired) electrons. The molecule has 6 nitrogen and oxygen atoms in total. The van der Waals surface area contributed by atoms with Crippen molar-refractivity contribution in [3.05, 3.63) is 41.7 Å². The van der Waals surface area contributed by atoms with E-state index in [4.69, 9.17) is 11.0 Å². The fourth-order valence-corrected chi connectivity index (χ4v) is 2.06. The summed E-state index contributed by atoms with van der Waals surface area (Å²) < 4.78 is 40.2. The van der Waals surface area contributed by atoms with Crippen LogP contribution in [0.3, 0.4) is 0 Å². The number of hydrogen-bond donors (Lipinski definition) is 2. The van der Waals surface area contributed by atoms with Gasteiger partial charge >= 0.3 is 6.18 Å². The summed E-state index contributed by atoms with van der Waals surface area (Å²) in [6.07, 6.45) is -1.70. The van der Waals surface area contributed by atoms with Crippen LogP contribution in [0.4, 0.5) is 24.5 Å². The Kier molecular flexibility index (Phi) is 4.78. The Balaban J connectivity index is 2.12. The maximum absolute atomic E-state index is 12.9. The Morgan fingerprint density at radius 1 is 1.50 bits per heavy atom. The third kappa shape index (κ3) is 4.04. The third-order valence-electron chi connectivity index (χ3n) is 3.27. The average Bonchev–Trinajstić information content (AvgIpc) is 2.91. The van der Waals surface area contributed by atoms with E-state index in [0.717, 1.165) is 12.1 Å². The van der Waals surface area contributed by atoms with Gasteiger partial charge in [0.2, 0.25) is 5.91 Å². The van der Waals surface area contributed by atoms with E-state index < -0.39 is 29.1 Å². The van der Waals surface area contributed by atoms with Crippen LogP contribution in [0, 0.1) is 17.2 Å². The van der Waals surface area contributed by atoms with Crippen molar-refractivity contribution in [2.75, 3.05) is 11.1 Å². The smallest absolute Gasteiger partial charge is 0.396 e. The Morgan fingerprint density at radius 3 is 2.75 bits per heavy atom. The average molecular weight is 337 g/mol. The lowest BCUT2D eigenvalue weighted by atomic mass is 10.1.